The normalized spacial score (nSPS) is 19.1. The van der Waals surface area contributed by atoms with Gasteiger partial charge >= 0.3 is 0 Å². The van der Waals surface area contributed by atoms with Crippen molar-refractivity contribution < 1.29 is 4.79 Å². The van der Waals surface area contributed by atoms with Gasteiger partial charge in [0.05, 0.1) is 6.54 Å². The van der Waals surface area contributed by atoms with Crippen LogP contribution < -0.4 is 5.32 Å². The Morgan fingerprint density at radius 3 is 3.11 bits per heavy atom. The van der Waals surface area contributed by atoms with Crippen LogP contribution in [0, 0.1) is 5.92 Å². The van der Waals surface area contributed by atoms with E-state index in [0.29, 0.717) is 18.2 Å². The van der Waals surface area contributed by atoms with Crippen LogP contribution in [0.2, 0.25) is 0 Å². The van der Waals surface area contributed by atoms with Gasteiger partial charge in [-0.3, -0.25) is 4.79 Å². The van der Waals surface area contributed by atoms with E-state index in [9.17, 15) is 4.79 Å². The number of hydrogen-bond donors (Lipinski definition) is 1. The Hall–Kier alpha value is -0.870. The van der Waals surface area contributed by atoms with E-state index in [1.165, 1.54) is 11.3 Å². The molecule has 0 radical (unpaired) electrons. The minimum absolute atomic E-state index is 0.304. The van der Waals surface area contributed by atoms with E-state index < -0.39 is 0 Å². The molecule has 1 saturated heterocycles. The number of rotatable bonds is 6. The first kappa shape index (κ1) is 13.6. The molecule has 1 atom stereocenters. The summed E-state index contributed by atoms with van der Waals surface area (Å²) < 4.78 is 0. The monoisotopic (exact) mass is 266 g/mol. The summed E-state index contributed by atoms with van der Waals surface area (Å²) in [5.41, 5.74) is 0. The third-order valence-electron chi connectivity index (χ3n) is 3.59. The van der Waals surface area contributed by atoms with Crippen LogP contribution in [-0.4, -0.2) is 30.4 Å². The molecule has 0 spiro atoms. The number of carbonyl (C=O) groups excluding carboxylic acids is 1. The summed E-state index contributed by atoms with van der Waals surface area (Å²) in [4.78, 5) is 15.4. The second kappa shape index (κ2) is 6.90. The molecule has 2 heterocycles. The summed E-state index contributed by atoms with van der Waals surface area (Å²) in [6.45, 7) is 5.84. The number of thiophene rings is 1. The minimum atomic E-state index is 0.304. The van der Waals surface area contributed by atoms with Gasteiger partial charge in [0.15, 0.2) is 0 Å². The van der Waals surface area contributed by atoms with Gasteiger partial charge in [-0.1, -0.05) is 6.07 Å². The summed E-state index contributed by atoms with van der Waals surface area (Å²) in [6.07, 6.45) is 2.96. The highest BCUT2D eigenvalue weighted by Gasteiger charge is 2.18. The number of nitrogens with zero attached hydrogens (tertiary/aromatic N) is 1. The predicted octanol–water partition coefficient (Wildman–Crippen LogP) is 2.49. The summed E-state index contributed by atoms with van der Waals surface area (Å²) >= 11 is 1.72. The van der Waals surface area contributed by atoms with E-state index >= 15 is 0 Å². The Kier molecular flexibility index (Phi) is 5.20. The Morgan fingerprint density at radius 1 is 1.61 bits per heavy atom. The molecule has 1 aromatic heterocycles. The highest BCUT2D eigenvalue weighted by atomic mass is 32.1. The third kappa shape index (κ3) is 3.82. The van der Waals surface area contributed by atoms with Crippen molar-refractivity contribution in [1.82, 2.24) is 10.2 Å². The highest BCUT2D eigenvalue weighted by molar-refractivity contribution is 7.09. The molecule has 1 aliphatic rings. The molecule has 1 aromatic rings. The molecule has 100 valence electrons. The van der Waals surface area contributed by atoms with E-state index in [4.69, 9.17) is 0 Å². The molecular weight excluding hydrogens is 244 g/mol. The molecule has 0 bridgehead atoms. The smallest absolute Gasteiger partial charge is 0.222 e. The quantitative estimate of drug-likeness (QED) is 0.858. The van der Waals surface area contributed by atoms with Crippen LogP contribution in [0.3, 0.4) is 0 Å². The van der Waals surface area contributed by atoms with Crippen LogP contribution in [0.5, 0.6) is 0 Å². The van der Waals surface area contributed by atoms with Crippen molar-refractivity contribution in [2.75, 3.05) is 19.6 Å². The van der Waals surface area contributed by atoms with Gasteiger partial charge < -0.3 is 10.2 Å². The fraction of sp³-hybridized carbons (Fsp3) is 0.643. The molecule has 0 saturated carbocycles. The Morgan fingerprint density at radius 2 is 2.50 bits per heavy atom. The molecule has 1 N–H and O–H groups in total. The standard InChI is InChI=1S/C14H22N2OS/c1-2-16(11-13-4-3-9-18-13)14(17)6-5-12-7-8-15-10-12/h3-4,9,12,15H,2,5-8,10-11H2,1H3. The van der Waals surface area contributed by atoms with Gasteiger partial charge in [-0.25, -0.2) is 0 Å². The summed E-state index contributed by atoms with van der Waals surface area (Å²) in [5, 5.41) is 5.42. The summed E-state index contributed by atoms with van der Waals surface area (Å²) in [5.74, 6) is 1.01. The zero-order chi connectivity index (χ0) is 12.8. The molecule has 4 heteroatoms. The molecule has 2 rings (SSSR count). The van der Waals surface area contributed by atoms with E-state index in [1.807, 2.05) is 11.0 Å². The van der Waals surface area contributed by atoms with Crippen LogP contribution in [0.15, 0.2) is 17.5 Å². The van der Waals surface area contributed by atoms with Gasteiger partial charge in [0.2, 0.25) is 5.91 Å². The third-order valence-corrected chi connectivity index (χ3v) is 4.45. The average Bonchev–Trinajstić information content (AvgIpc) is 3.06. The number of carbonyl (C=O) groups is 1. The lowest BCUT2D eigenvalue weighted by Gasteiger charge is -2.21. The lowest BCUT2D eigenvalue weighted by atomic mass is 10.0. The molecule has 3 nitrogen and oxygen atoms in total. The van der Waals surface area contributed by atoms with Gasteiger partial charge in [-0.15, -0.1) is 11.3 Å². The lowest BCUT2D eigenvalue weighted by molar-refractivity contribution is -0.131. The average molecular weight is 266 g/mol. The van der Waals surface area contributed by atoms with Crippen molar-refractivity contribution in [2.45, 2.75) is 32.7 Å². The molecule has 1 amide bonds. The first-order valence-corrected chi connectivity index (χ1v) is 7.68. The number of nitrogens with one attached hydrogen (secondary N) is 1. The molecule has 1 unspecified atom stereocenters. The van der Waals surface area contributed by atoms with Crippen LogP contribution in [0.4, 0.5) is 0 Å². The van der Waals surface area contributed by atoms with E-state index in [0.717, 1.165) is 32.6 Å². The zero-order valence-electron chi connectivity index (χ0n) is 11.0. The van der Waals surface area contributed by atoms with Gasteiger partial charge in [0, 0.05) is 17.8 Å². The predicted molar refractivity (Wildman–Crippen MR) is 75.6 cm³/mol. The van der Waals surface area contributed by atoms with E-state index in [1.54, 1.807) is 11.3 Å². The molecule has 0 aliphatic carbocycles. The summed E-state index contributed by atoms with van der Waals surface area (Å²) in [6, 6.07) is 4.14. The van der Waals surface area contributed by atoms with Crippen molar-refractivity contribution in [1.29, 1.82) is 0 Å². The molecule has 1 fully saturated rings. The first-order chi connectivity index (χ1) is 8.79. The van der Waals surface area contributed by atoms with E-state index in [-0.39, 0.29) is 0 Å². The van der Waals surface area contributed by atoms with Crippen molar-refractivity contribution in [3.8, 4) is 0 Å². The van der Waals surface area contributed by atoms with Crippen molar-refractivity contribution in [3.05, 3.63) is 22.4 Å². The van der Waals surface area contributed by atoms with Gasteiger partial charge in [0.1, 0.15) is 0 Å². The van der Waals surface area contributed by atoms with E-state index in [2.05, 4.69) is 23.7 Å². The molecule has 0 aromatic carbocycles. The summed E-state index contributed by atoms with van der Waals surface area (Å²) in [7, 11) is 0. The second-order valence-corrected chi connectivity index (χ2v) is 5.92. The SMILES string of the molecule is CCN(Cc1cccs1)C(=O)CCC1CCNC1. The van der Waals surface area contributed by atoms with Crippen molar-refractivity contribution >= 4 is 17.2 Å². The lowest BCUT2D eigenvalue weighted by Crippen LogP contribution is -2.30. The minimum Gasteiger partial charge on any atom is -0.338 e. The molecular formula is C14H22N2OS. The Balaban J connectivity index is 1.77. The number of hydrogen-bond acceptors (Lipinski definition) is 3. The first-order valence-electron chi connectivity index (χ1n) is 6.80. The van der Waals surface area contributed by atoms with Crippen LogP contribution in [0.1, 0.15) is 31.1 Å². The van der Waals surface area contributed by atoms with Crippen LogP contribution in [-0.2, 0) is 11.3 Å². The van der Waals surface area contributed by atoms with Gasteiger partial charge in [0.25, 0.3) is 0 Å². The van der Waals surface area contributed by atoms with Gasteiger partial charge in [-0.05, 0) is 50.2 Å². The van der Waals surface area contributed by atoms with Crippen molar-refractivity contribution in [2.24, 2.45) is 5.92 Å². The van der Waals surface area contributed by atoms with Gasteiger partial charge in [-0.2, -0.15) is 0 Å². The van der Waals surface area contributed by atoms with Crippen LogP contribution >= 0.6 is 11.3 Å². The molecule has 18 heavy (non-hydrogen) atoms. The number of amides is 1. The van der Waals surface area contributed by atoms with Crippen LogP contribution in [0.25, 0.3) is 0 Å². The highest BCUT2D eigenvalue weighted by Crippen LogP contribution is 2.17. The Bertz CT molecular complexity index is 358. The second-order valence-electron chi connectivity index (χ2n) is 4.88. The topological polar surface area (TPSA) is 32.3 Å². The maximum atomic E-state index is 12.2. The van der Waals surface area contributed by atoms with Crippen molar-refractivity contribution in [3.63, 3.8) is 0 Å². The molecule has 1 aliphatic heterocycles. The Labute approximate surface area is 113 Å². The zero-order valence-corrected chi connectivity index (χ0v) is 11.8. The fourth-order valence-electron chi connectivity index (χ4n) is 2.41. The largest absolute Gasteiger partial charge is 0.338 e. The fourth-order valence-corrected chi connectivity index (χ4v) is 3.13. The maximum absolute atomic E-state index is 12.2. The maximum Gasteiger partial charge on any atom is 0.222 e.